The highest BCUT2D eigenvalue weighted by Gasteiger charge is 2.37. The zero-order valence-electron chi connectivity index (χ0n) is 30.6. The molecule has 0 unspecified atom stereocenters. The van der Waals surface area contributed by atoms with E-state index in [0.717, 1.165) is 25.7 Å². The molecule has 284 valence electrons. The Labute approximate surface area is 321 Å². The first-order chi connectivity index (χ1) is 27.3. The molecule has 2 amide bonds. The van der Waals surface area contributed by atoms with Crippen molar-refractivity contribution in [2.45, 2.75) is 37.8 Å². The lowest BCUT2D eigenvalue weighted by Crippen LogP contribution is -2.35. The van der Waals surface area contributed by atoms with Gasteiger partial charge < -0.3 is 38.2 Å². The predicted molar refractivity (Wildman–Crippen MR) is 202 cm³/mol. The monoisotopic (exact) mass is 756 g/mol. The van der Waals surface area contributed by atoms with Gasteiger partial charge in [0.1, 0.15) is 11.5 Å². The number of carbonyl (C=O) groups excluding carboxylic acids is 4. The van der Waals surface area contributed by atoms with Gasteiger partial charge in [-0.05, 0) is 49.9 Å². The third-order valence-electron chi connectivity index (χ3n) is 10.8. The van der Waals surface area contributed by atoms with Crippen molar-refractivity contribution in [1.29, 1.82) is 0 Å². The molecule has 2 atom stereocenters. The molecule has 14 nitrogen and oxygen atoms in total. The van der Waals surface area contributed by atoms with Crippen LogP contribution in [0, 0.1) is 0 Å². The zero-order chi connectivity index (χ0) is 38.5. The summed E-state index contributed by atoms with van der Waals surface area (Å²) in [4.78, 5) is 67.4. The number of amides is 2. The highest BCUT2D eigenvalue weighted by molar-refractivity contribution is 6.30. The topological polar surface area (TPSA) is 155 Å². The summed E-state index contributed by atoms with van der Waals surface area (Å²) in [6.07, 6.45) is 7.11. The SMILES string of the molecule is COc1cc2c(cc1OCOc1ccc(OCOc3cc4c(cc3OC)C(=O)N3CCC[C@H]3C=N4)c3c1C(=O)c1ccccc1C3=O)N=C[C@@H]1CCCN1C2=O. The number of carbonyl (C=O) groups is 4. The lowest BCUT2D eigenvalue weighted by atomic mass is 9.83. The summed E-state index contributed by atoms with van der Waals surface area (Å²) in [7, 11) is 2.94. The Kier molecular flexibility index (Phi) is 8.87. The summed E-state index contributed by atoms with van der Waals surface area (Å²) >= 11 is 0. The molecule has 5 aliphatic rings. The van der Waals surface area contributed by atoms with Crippen molar-refractivity contribution in [3.63, 3.8) is 0 Å². The average molecular weight is 757 g/mol. The van der Waals surface area contributed by atoms with Crippen LogP contribution in [-0.4, -0.2) is 98.6 Å². The van der Waals surface area contributed by atoms with Gasteiger partial charge in [-0.25, -0.2) is 0 Å². The van der Waals surface area contributed by atoms with Crippen LogP contribution in [0.3, 0.4) is 0 Å². The van der Waals surface area contributed by atoms with Gasteiger partial charge in [0.25, 0.3) is 11.8 Å². The van der Waals surface area contributed by atoms with Gasteiger partial charge in [-0.3, -0.25) is 29.2 Å². The molecule has 0 spiro atoms. The molecule has 0 bridgehead atoms. The number of fused-ring (bicyclic) bond motifs is 6. The standard InChI is InChI=1S/C42H36N4O10/c1-51-33-15-27-29(43-19-23-7-5-13-45(23)41(27)49)17-35(33)55-21-53-31-11-12-32(38-37(31)39(47)25-9-3-4-10-26(25)40(38)48)54-22-56-36-18-30-28(16-34(36)52-2)42(50)46-14-6-8-24(46)20-44-30/h3-4,9-12,15-20,23-24H,5-8,13-14,21-22H2,1-2H3/t23-,24-/m0/s1. The fraction of sp³-hybridized carbons (Fsp3) is 0.286. The smallest absolute Gasteiger partial charge is 0.256 e. The van der Waals surface area contributed by atoms with Gasteiger partial charge in [0, 0.05) is 48.8 Å². The first kappa shape index (κ1) is 35.0. The number of benzene rings is 4. The van der Waals surface area contributed by atoms with Crippen LogP contribution in [-0.2, 0) is 0 Å². The number of hydrogen-bond donors (Lipinski definition) is 0. The number of hydrogen-bond acceptors (Lipinski definition) is 12. The molecular weight excluding hydrogens is 720 g/mol. The minimum absolute atomic E-state index is 0.00971. The largest absolute Gasteiger partial charge is 0.493 e. The molecule has 4 heterocycles. The Morgan fingerprint density at radius 2 is 0.982 bits per heavy atom. The number of rotatable bonds is 10. The van der Waals surface area contributed by atoms with E-state index in [-0.39, 0.29) is 82.7 Å². The van der Waals surface area contributed by atoms with Gasteiger partial charge in [0.2, 0.25) is 13.6 Å². The van der Waals surface area contributed by atoms with E-state index in [0.29, 0.717) is 47.1 Å². The number of ketones is 2. The van der Waals surface area contributed by atoms with E-state index in [1.165, 1.54) is 26.4 Å². The van der Waals surface area contributed by atoms with E-state index in [1.807, 2.05) is 9.80 Å². The van der Waals surface area contributed by atoms with Crippen LogP contribution in [0.4, 0.5) is 11.4 Å². The summed E-state index contributed by atoms with van der Waals surface area (Å²) in [5, 5.41) is 0. The molecular formula is C42H36N4O10. The highest BCUT2D eigenvalue weighted by atomic mass is 16.7. The number of nitrogens with zero attached hydrogens (tertiary/aromatic N) is 4. The van der Waals surface area contributed by atoms with Crippen molar-refractivity contribution < 1.29 is 47.6 Å². The fourth-order valence-electron chi connectivity index (χ4n) is 7.96. The average Bonchev–Trinajstić information content (AvgIpc) is 3.86. The Morgan fingerprint density at radius 1 is 0.554 bits per heavy atom. The molecule has 4 aromatic rings. The number of methoxy groups -OCH3 is 2. The van der Waals surface area contributed by atoms with Crippen LogP contribution in [0.2, 0.25) is 0 Å². The Bertz CT molecular complexity index is 2230. The maximum absolute atomic E-state index is 14.0. The third-order valence-corrected chi connectivity index (χ3v) is 10.8. The van der Waals surface area contributed by atoms with Gasteiger partial charge in [-0.2, -0.15) is 0 Å². The normalized spacial score (nSPS) is 18.9. The first-order valence-corrected chi connectivity index (χ1v) is 18.4. The molecule has 0 N–H and O–H groups in total. The zero-order valence-corrected chi connectivity index (χ0v) is 30.6. The van der Waals surface area contributed by atoms with Crippen molar-refractivity contribution in [3.05, 3.63) is 94.0 Å². The second-order valence-corrected chi connectivity index (χ2v) is 13.8. The second-order valence-electron chi connectivity index (χ2n) is 13.8. The molecule has 9 rings (SSSR count). The van der Waals surface area contributed by atoms with Gasteiger partial charge in [0.05, 0.1) is 59.9 Å². The fourth-order valence-corrected chi connectivity index (χ4v) is 7.96. The van der Waals surface area contributed by atoms with E-state index in [9.17, 15) is 19.2 Å². The molecule has 0 saturated carbocycles. The number of aliphatic imine (C=N–C) groups is 2. The quantitative estimate of drug-likeness (QED) is 0.156. The van der Waals surface area contributed by atoms with Crippen LogP contribution in [0.25, 0.3) is 0 Å². The molecule has 4 aromatic carbocycles. The van der Waals surface area contributed by atoms with E-state index in [4.69, 9.17) is 28.4 Å². The lowest BCUT2D eigenvalue weighted by Gasteiger charge is -2.23. The minimum Gasteiger partial charge on any atom is -0.493 e. The van der Waals surface area contributed by atoms with Crippen LogP contribution < -0.4 is 28.4 Å². The summed E-state index contributed by atoms with van der Waals surface area (Å²) < 4.78 is 35.2. The first-order valence-electron chi connectivity index (χ1n) is 18.4. The molecule has 56 heavy (non-hydrogen) atoms. The Hall–Kier alpha value is -6.70. The van der Waals surface area contributed by atoms with Gasteiger partial charge in [-0.1, -0.05) is 24.3 Å². The van der Waals surface area contributed by atoms with Crippen LogP contribution in [0.1, 0.15) is 78.2 Å². The second kappa shape index (κ2) is 14.2. The van der Waals surface area contributed by atoms with Gasteiger partial charge in [-0.15, -0.1) is 0 Å². The molecule has 4 aliphatic heterocycles. The van der Waals surface area contributed by atoms with Crippen molar-refractivity contribution in [3.8, 4) is 34.5 Å². The molecule has 1 aliphatic carbocycles. The van der Waals surface area contributed by atoms with Crippen LogP contribution in [0.15, 0.2) is 70.6 Å². The summed E-state index contributed by atoms with van der Waals surface area (Å²) in [6, 6.07) is 15.9. The van der Waals surface area contributed by atoms with Crippen molar-refractivity contribution in [2.24, 2.45) is 9.98 Å². The highest BCUT2D eigenvalue weighted by Crippen LogP contribution is 2.42. The van der Waals surface area contributed by atoms with E-state index in [2.05, 4.69) is 9.98 Å². The minimum atomic E-state index is -0.428. The van der Waals surface area contributed by atoms with Gasteiger partial charge >= 0.3 is 0 Å². The Morgan fingerprint density at radius 3 is 1.41 bits per heavy atom. The third kappa shape index (κ3) is 5.88. The maximum Gasteiger partial charge on any atom is 0.256 e. The molecule has 2 fully saturated rings. The Balaban J connectivity index is 0.969. The van der Waals surface area contributed by atoms with Gasteiger partial charge in [0.15, 0.2) is 34.6 Å². The van der Waals surface area contributed by atoms with Crippen molar-refractivity contribution in [2.75, 3.05) is 40.9 Å². The van der Waals surface area contributed by atoms with Crippen LogP contribution in [0.5, 0.6) is 34.5 Å². The van der Waals surface area contributed by atoms with E-state index >= 15 is 0 Å². The summed E-state index contributed by atoms with van der Waals surface area (Å²) in [5.74, 6) is 0.276. The summed E-state index contributed by atoms with van der Waals surface area (Å²) in [6.45, 7) is 0.583. The van der Waals surface area contributed by atoms with E-state index < -0.39 is 11.6 Å². The van der Waals surface area contributed by atoms with Crippen LogP contribution >= 0.6 is 0 Å². The maximum atomic E-state index is 14.0. The lowest BCUT2D eigenvalue weighted by molar-refractivity contribution is 0.0766. The molecule has 2 saturated heterocycles. The molecule has 0 aromatic heterocycles. The predicted octanol–water partition coefficient (Wildman–Crippen LogP) is 5.95. The molecule has 14 heteroatoms. The summed E-state index contributed by atoms with van der Waals surface area (Å²) in [5.41, 5.74) is 2.20. The molecule has 0 radical (unpaired) electrons. The van der Waals surface area contributed by atoms with Crippen molar-refractivity contribution in [1.82, 2.24) is 9.80 Å². The van der Waals surface area contributed by atoms with E-state index in [1.54, 1.807) is 61.0 Å². The van der Waals surface area contributed by atoms with Crippen molar-refractivity contribution >= 4 is 47.2 Å². The number of ether oxygens (including phenoxy) is 6.